The first-order valence-corrected chi connectivity index (χ1v) is 10.0. The molecule has 0 aromatic rings. The normalized spacial score (nSPS) is 25.8. The molecule has 2 atom stereocenters. The standard InChI is InChI=1S/C13H24N4O4S2/c1-23(19,20)17-6-2-4-10(9-17)12(18)15-16-13(22)14-8-11-5-3-7-21-11/h10-11H,2-9H2,1H3,(H,15,18)(H2,14,16,22)/t10-,11-/m1/s1. The fourth-order valence-electron chi connectivity index (χ4n) is 2.73. The summed E-state index contributed by atoms with van der Waals surface area (Å²) in [4.78, 5) is 12.1. The van der Waals surface area contributed by atoms with Crippen molar-refractivity contribution in [1.82, 2.24) is 20.5 Å². The molecule has 0 aromatic heterocycles. The Labute approximate surface area is 142 Å². The molecule has 2 heterocycles. The van der Waals surface area contributed by atoms with E-state index in [-0.39, 0.29) is 24.5 Å². The van der Waals surface area contributed by atoms with E-state index in [4.69, 9.17) is 17.0 Å². The van der Waals surface area contributed by atoms with Gasteiger partial charge >= 0.3 is 0 Å². The van der Waals surface area contributed by atoms with Gasteiger partial charge < -0.3 is 10.1 Å². The van der Waals surface area contributed by atoms with E-state index in [0.717, 1.165) is 25.7 Å². The SMILES string of the molecule is CS(=O)(=O)N1CCC[C@@H](C(=O)NNC(=S)NC[C@H]2CCCO2)C1. The lowest BCUT2D eigenvalue weighted by Gasteiger charge is -2.30. The molecule has 8 nitrogen and oxygen atoms in total. The Balaban J connectivity index is 1.70. The summed E-state index contributed by atoms with van der Waals surface area (Å²) in [6.45, 7) is 2.06. The summed E-state index contributed by atoms with van der Waals surface area (Å²) in [5.41, 5.74) is 5.20. The highest BCUT2D eigenvalue weighted by Gasteiger charge is 2.30. The van der Waals surface area contributed by atoms with Crippen LogP contribution in [0.15, 0.2) is 0 Å². The molecule has 23 heavy (non-hydrogen) atoms. The molecule has 2 fully saturated rings. The average molecular weight is 364 g/mol. The number of carbonyl (C=O) groups excluding carboxylic acids is 1. The van der Waals surface area contributed by atoms with Gasteiger partial charge in [-0.1, -0.05) is 0 Å². The maximum atomic E-state index is 12.1. The van der Waals surface area contributed by atoms with Crippen molar-refractivity contribution in [2.45, 2.75) is 31.8 Å². The molecule has 2 aliphatic heterocycles. The first kappa shape index (κ1) is 18.4. The Morgan fingerprint density at radius 3 is 2.74 bits per heavy atom. The Morgan fingerprint density at radius 2 is 2.09 bits per heavy atom. The van der Waals surface area contributed by atoms with Crippen LogP contribution in [0.3, 0.4) is 0 Å². The van der Waals surface area contributed by atoms with Crippen molar-refractivity contribution in [2.24, 2.45) is 5.92 Å². The molecule has 2 rings (SSSR count). The van der Waals surface area contributed by atoms with Crippen LogP contribution in [0.25, 0.3) is 0 Å². The monoisotopic (exact) mass is 364 g/mol. The molecule has 2 aliphatic rings. The van der Waals surface area contributed by atoms with Crippen LogP contribution in [0.5, 0.6) is 0 Å². The van der Waals surface area contributed by atoms with Gasteiger partial charge in [0.25, 0.3) is 0 Å². The van der Waals surface area contributed by atoms with Crippen LogP contribution in [-0.2, 0) is 19.6 Å². The van der Waals surface area contributed by atoms with Gasteiger partial charge in [0.2, 0.25) is 15.9 Å². The molecule has 1 amide bonds. The molecular formula is C13H24N4O4S2. The number of hydrazine groups is 1. The van der Waals surface area contributed by atoms with Crippen LogP contribution < -0.4 is 16.2 Å². The highest BCUT2D eigenvalue weighted by atomic mass is 32.2. The third-order valence-electron chi connectivity index (χ3n) is 4.04. The number of thiocarbonyl (C=S) groups is 1. The van der Waals surface area contributed by atoms with Crippen LogP contribution in [-0.4, -0.2) is 62.3 Å². The molecule has 0 aliphatic carbocycles. The smallest absolute Gasteiger partial charge is 0.242 e. The lowest BCUT2D eigenvalue weighted by atomic mass is 9.99. The fourth-order valence-corrected chi connectivity index (χ4v) is 3.78. The summed E-state index contributed by atoms with van der Waals surface area (Å²) in [6.07, 6.45) is 4.72. The lowest BCUT2D eigenvalue weighted by Crippen LogP contribution is -2.52. The number of carbonyl (C=O) groups is 1. The highest BCUT2D eigenvalue weighted by molar-refractivity contribution is 7.88. The number of ether oxygens (including phenoxy) is 1. The summed E-state index contributed by atoms with van der Waals surface area (Å²) in [5.74, 6) is -0.619. The van der Waals surface area contributed by atoms with E-state index in [0.29, 0.717) is 31.0 Å². The van der Waals surface area contributed by atoms with Gasteiger partial charge in [-0.25, -0.2) is 12.7 Å². The van der Waals surface area contributed by atoms with Gasteiger partial charge in [0.1, 0.15) is 0 Å². The van der Waals surface area contributed by atoms with Crippen LogP contribution in [0, 0.1) is 5.92 Å². The van der Waals surface area contributed by atoms with E-state index in [1.54, 1.807) is 0 Å². The van der Waals surface area contributed by atoms with Crippen molar-refractivity contribution in [3.05, 3.63) is 0 Å². The number of piperidine rings is 1. The van der Waals surface area contributed by atoms with Crippen molar-refractivity contribution < 1.29 is 17.9 Å². The number of rotatable bonds is 4. The third-order valence-corrected chi connectivity index (χ3v) is 5.55. The lowest BCUT2D eigenvalue weighted by molar-refractivity contribution is -0.126. The van der Waals surface area contributed by atoms with Crippen molar-refractivity contribution in [3.8, 4) is 0 Å². The van der Waals surface area contributed by atoms with Gasteiger partial charge in [-0.05, 0) is 37.9 Å². The summed E-state index contributed by atoms with van der Waals surface area (Å²) >= 11 is 5.09. The summed E-state index contributed by atoms with van der Waals surface area (Å²) in [7, 11) is -3.26. The highest BCUT2D eigenvalue weighted by Crippen LogP contribution is 2.18. The number of nitrogens with one attached hydrogen (secondary N) is 3. The second-order valence-electron chi connectivity index (χ2n) is 5.92. The largest absolute Gasteiger partial charge is 0.376 e. The zero-order valence-corrected chi connectivity index (χ0v) is 14.8. The molecule has 0 spiro atoms. The Morgan fingerprint density at radius 1 is 1.30 bits per heavy atom. The molecule has 0 radical (unpaired) electrons. The molecular weight excluding hydrogens is 340 g/mol. The molecule has 0 unspecified atom stereocenters. The van der Waals surface area contributed by atoms with Crippen molar-refractivity contribution in [3.63, 3.8) is 0 Å². The second-order valence-corrected chi connectivity index (χ2v) is 8.31. The molecule has 0 saturated carbocycles. The van der Waals surface area contributed by atoms with Gasteiger partial charge in [-0.2, -0.15) is 0 Å². The number of hydrogen-bond acceptors (Lipinski definition) is 5. The predicted octanol–water partition coefficient (Wildman–Crippen LogP) is -0.668. The maximum Gasteiger partial charge on any atom is 0.242 e. The van der Waals surface area contributed by atoms with Gasteiger partial charge in [0, 0.05) is 26.2 Å². The second kappa shape index (κ2) is 8.22. The van der Waals surface area contributed by atoms with E-state index < -0.39 is 10.0 Å². The quantitative estimate of drug-likeness (QED) is 0.449. The predicted molar refractivity (Wildman–Crippen MR) is 90.0 cm³/mol. The summed E-state index contributed by atoms with van der Waals surface area (Å²) in [6, 6.07) is 0. The molecule has 3 N–H and O–H groups in total. The number of hydrogen-bond donors (Lipinski definition) is 3. The minimum Gasteiger partial charge on any atom is -0.376 e. The van der Waals surface area contributed by atoms with Crippen LogP contribution in [0.4, 0.5) is 0 Å². The Kier molecular flexibility index (Phi) is 6.57. The minimum atomic E-state index is -3.26. The van der Waals surface area contributed by atoms with Crippen molar-refractivity contribution in [2.75, 3.05) is 32.5 Å². The maximum absolute atomic E-state index is 12.1. The molecule has 10 heteroatoms. The van der Waals surface area contributed by atoms with Crippen LogP contribution >= 0.6 is 12.2 Å². The van der Waals surface area contributed by atoms with Gasteiger partial charge in [-0.3, -0.25) is 15.6 Å². The fraction of sp³-hybridized carbons (Fsp3) is 0.846. The first-order chi connectivity index (χ1) is 10.9. The van der Waals surface area contributed by atoms with Crippen molar-refractivity contribution in [1.29, 1.82) is 0 Å². The number of amides is 1. The van der Waals surface area contributed by atoms with Gasteiger partial charge in [0.05, 0.1) is 18.3 Å². The van der Waals surface area contributed by atoms with E-state index in [1.807, 2.05) is 0 Å². The Hall–Kier alpha value is -0.970. The van der Waals surface area contributed by atoms with Crippen molar-refractivity contribution >= 4 is 33.3 Å². The minimum absolute atomic E-state index is 0.159. The van der Waals surface area contributed by atoms with E-state index in [2.05, 4.69) is 16.2 Å². The zero-order valence-electron chi connectivity index (χ0n) is 13.2. The average Bonchev–Trinajstić information content (AvgIpc) is 3.03. The topological polar surface area (TPSA) is 99.8 Å². The molecule has 0 aromatic carbocycles. The molecule has 2 saturated heterocycles. The van der Waals surface area contributed by atoms with E-state index in [9.17, 15) is 13.2 Å². The third kappa shape index (κ3) is 5.87. The molecule has 0 bridgehead atoms. The first-order valence-electron chi connectivity index (χ1n) is 7.76. The van der Waals surface area contributed by atoms with Crippen LogP contribution in [0.2, 0.25) is 0 Å². The zero-order chi connectivity index (χ0) is 16.9. The van der Waals surface area contributed by atoms with E-state index >= 15 is 0 Å². The van der Waals surface area contributed by atoms with Crippen LogP contribution in [0.1, 0.15) is 25.7 Å². The number of nitrogens with zero attached hydrogens (tertiary/aromatic N) is 1. The summed E-state index contributed by atoms with van der Waals surface area (Å²) in [5, 5.41) is 3.31. The Bertz CT molecular complexity index is 534. The summed E-state index contributed by atoms with van der Waals surface area (Å²) < 4.78 is 29.9. The van der Waals surface area contributed by atoms with E-state index in [1.165, 1.54) is 4.31 Å². The molecule has 132 valence electrons. The number of sulfonamides is 1. The van der Waals surface area contributed by atoms with Gasteiger partial charge in [0.15, 0.2) is 5.11 Å². The van der Waals surface area contributed by atoms with Gasteiger partial charge in [-0.15, -0.1) is 0 Å².